The van der Waals surface area contributed by atoms with Crippen LogP contribution in [0.5, 0.6) is 0 Å². The fourth-order valence-electron chi connectivity index (χ4n) is 0.963. The molecule has 0 aromatic heterocycles. The summed E-state index contributed by atoms with van der Waals surface area (Å²) in [6, 6.07) is 0. The number of hydrogen-bond acceptors (Lipinski definition) is 4. The van der Waals surface area contributed by atoms with Gasteiger partial charge < -0.3 is 9.64 Å². The van der Waals surface area contributed by atoms with E-state index in [0.29, 0.717) is 11.5 Å². The third-order valence-electron chi connectivity index (χ3n) is 1.85. The van der Waals surface area contributed by atoms with Gasteiger partial charge in [0.2, 0.25) is 0 Å². The van der Waals surface area contributed by atoms with Gasteiger partial charge in [0.1, 0.15) is 0 Å². The molecule has 0 aromatic rings. The second-order valence-electron chi connectivity index (χ2n) is 2.84. The Morgan fingerprint density at radius 2 is 1.93 bits per heavy atom. The third kappa shape index (κ3) is 6.23. The van der Waals surface area contributed by atoms with Gasteiger partial charge in [0.15, 0.2) is 0 Å². The summed E-state index contributed by atoms with van der Waals surface area (Å²) in [5, 5.41) is 0. The van der Waals surface area contributed by atoms with Gasteiger partial charge in [-0.2, -0.15) is 0 Å². The van der Waals surface area contributed by atoms with Crippen molar-refractivity contribution in [3.63, 3.8) is 0 Å². The average Bonchev–Trinajstić information content (AvgIpc) is 2.24. The van der Waals surface area contributed by atoms with Gasteiger partial charge in [-0.25, -0.2) is 4.79 Å². The molecule has 86 valence electrons. The van der Waals surface area contributed by atoms with Crippen molar-refractivity contribution >= 4 is 18.6 Å². The molecule has 0 N–H and O–H groups in total. The van der Waals surface area contributed by atoms with E-state index < -0.39 is 0 Å². The van der Waals surface area contributed by atoms with E-state index in [4.69, 9.17) is 4.74 Å². The molecule has 0 atom stereocenters. The minimum Gasteiger partial charge on any atom is -0.462 e. The number of rotatable bonds is 6. The smallest absolute Gasteiger partial charge is 0.344 e. The number of carbonyl (C=O) groups excluding carboxylic acids is 1. The first kappa shape index (κ1) is 14.1. The highest BCUT2D eigenvalue weighted by Gasteiger charge is 2.03. The summed E-state index contributed by atoms with van der Waals surface area (Å²) in [6.45, 7) is 8.18. The first-order chi connectivity index (χ1) is 7.15. The Bertz CT molecular complexity index is 245. The van der Waals surface area contributed by atoms with Crippen LogP contribution in [0, 0.1) is 0 Å². The Morgan fingerprint density at radius 1 is 1.33 bits per heavy atom. The molecule has 0 amide bonds. The van der Waals surface area contributed by atoms with Crippen molar-refractivity contribution in [3.05, 3.63) is 23.3 Å². The molecule has 0 heterocycles. The minimum absolute atomic E-state index is 0.320. The zero-order chi connectivity index (χ0) is 11.7. The molecule has 0 saturated heterocycles. The monoisotopic (exact) mass is 229 g/mol. The molecule has 0 aromatic carbocycles. The fourth-order valence-corrected chi connectivity index (χ4v) is 1.11. The molecule has 0 aliphatic carbocycles. The second kappa shape index (κ2) is 8.41. The lowest BCUT2D eigenvalue weighted by Crippen LogP contribution is -2.14. The van der Waals surface area contributed by atoms with Crippen molar-refractivity contribution in [1.82, 2.24) is 4.90 Å². The molecule has 0 spiro atoms. The highest BCUT2D eigenvalue weighted by molar-refractivity contribution is 7.85. The summed E-state index contributed by atoms with van der Waals surface area (Å²) in [7, 11) is 0. The van der Waals surface area contributed by atoms with Crippen LogP contribution in [0.1, 0.15) is 20.8 Å². The number of ether oxygens (including phenoxy) is 1. The predicted molar refractivity (Wildman–Crippen MR) is 65.8 cm³/mol. The highest BCUT2D eigenvalue weighted by Crippen LogP contribution is 2.03. The van der Waals surface area contributed by atoms with E-state index in [0.717, 1.165) is 13.1 Å². The number of esters is 1. The molecule has 0 radical (unpaired) electrons. The number of nitrogens with zero attached hydrogens (tertiary/aromatic N) is 1. The molecule has 0 fully saturated rings. The van der Waals surface area contributed by atoms with Gasteiger partial charge >= 0.3 is 5.97 Å². The predicted octanol–water partition coefficient (Wildman–Crippen LogP) is 2.22. The molecule has 0 saturated carbocycles. The summed E-state index contributed by atoms with van der Waals surface area (Å²) in [6.07, 6.45) is 5.36. The Morgan fingerprint density at radius 3 is 2.40 bits per heavy atom. The van der Waals surface area contributed by atoms with Gasteiger partial charge in [-0.3, -0.25) is 0 Å². The molecule has 0 aliphatic rings. The fraction of sp³-hybridized carbons (Fsp3) is 0.545. The summed E-state index contributed by atoms with van der Waals surface area (Å²) < 4.78 is 4.78. The van der Waals surface area contributed by atoms with Crippen LogP contribution in [0.15, 0.2) is 23.3 Å². The molecular weight excluding hydrogens is 210 g/mol. The lowest BCUT2D eigenvalue weighted by molar-refractivity contribution is -0.137. The quantitative estimate of drug-likeness (QED) is 0.328. The van der Waals surface area contributed by atoms with Crippen molar-refractivity contribution in [2.24, 2.45) is 0 Å². The van der Waals surface area contributed by atoms with Crippen LogP contribution in [-0.4, -0.2) is 30.6 Å². The minimum atomic E-state index is -0.384. The maximum absolute atomic E-state index is 11.1. The van der Waals surface area contributed by atoms with E-state index in [1.165, 1.54) is 0 Å². The normalized spacial score (nSPS) is 11.9. The average molecular weight is 229 g/mol. The van der Waals surface area contributed by atoms with Crippen LogP contribution >= 0.6 is 12.6 Å². The van der Waals surface area contributed by atoms with Crippen LogP contribution in [0.3, 0.4) is 0 Å². The first-order valence-electron chi connectivity index (χ1n) is 5.14. The van der Waals surface area contributed by atoms with Crippen molar-refractivity contribution in [2.75, 3.05) is 19.7 Å². The number of carbonyl (C=O) groups is 1. The Balaban J connectivity index is 4.19. The standard InChI is InChI=1S/C11H19NO2S/c1-4-12(5-2)9-7-8-10(15)11(13)14-6-3/h7-9,15H,4-6H2,1-3H3/b9-7+,10-8+. The lowest BCUT2D eigenvalue weighted by Gasteiger charge is -2.13. The van der Waals surface area contributed by atoms with Gasteiger partial charge in [0.05, 0.1) is 11.5 Å². The Kier molecular flexibility index (Phi) is 7.91. The van der Waals surface area contributed by atoms with Gasteiger partial charge in [-0.1, -0.05) is 0 Å². The maximum Gasteiger partial charge on any atom is 0.344 e. The third-order valence-corrected chi connectivity index (χ3v) is 2.18. The van der Waals surface area contributed by atoms with E-state index in [9.17, 15) is 4.79 Å². The van der Waals surface area contributed by atoms with E-state index >= 15 is 0 Å². The van der Waals surface area contributed by atoms with Crippen molar-refractivity contribution in [2.45, 2.75) is 20.8 Å². The Hall–Kier alpha value is -0.900. The van der Waals surface area contributed by atoms with Crippen LogP contribution in [0.25, 0.3) is 0 Å². The Labute approximate surface area is 97.2 Å². The zero-order valence-corrected chi connectivity index (χ0v) is 10.5. The lowest BCUT2D eigenvalue weighted by atomic mass is 10.4. The largest absolute Gasteiger partial charge is 0.462 e. The molecule has 0 rings (SSSR count). The van der Waals surface area contributed by atoms with Crippen LogP contribution in [0.4, 0.5) is 0 Å². The number of thiol groups is 1. The van der Waals surface area contributed by atoms with Crippen molar-refractivity contribution in [1.29, 1.82) is 0 Å². The summed E-state index contributed by atoms with van der Waals surface area (Å²) in [5.41, 5.74) is 0. The van der Waals surface area contributed by atoms with E-state index in [2.05, 4.69) is 31.4 Å². The second-order valence-corrected chi connectivity index (χ2v) is 3.32. The number of allylic oxidation sites excluding steroid dienone is 2. The van der Waals surface area contributed by atoms with Gasteiger partial charge in [-0.05, 0) is 39.1 Å². The summed E-state index contributed by atoms with van der Waals surface area (Å²) in [5.74, 6) is -0.384. The zero-order valence-electron chi connectivity index (χ0n) is 9.56. The maximum atomic E-state index is 11.1. The van der Waals surface area contributed by atoms with E-state index in [1.807, 2.05) is 6.20 Å². The molecule has 0 unspecified atom stereocenters. The SMILES string of the molecule is CCOC(=O)/C(S)=C\C=C\N(CC)CC. The van der Waals surface area contributed by atoms with Crippen LogP contribution < -0.4 is 0 Å². The van der Waals surface area contributed by atoms with Gasteiger partial charge in [0, 0.05) is 13.1 Å². The van der Waals surface area contributed by atoms with Crippen LogP contribution in [-0.2, 0) is 9.53 Å². The summed E-state index contributed by atoms with van der Waals surface area (Å²) >= 11 is 4.04. The number of hydrogen-bond donors (Lipinski definition) is 1. The van der Waals surface area contributed by atoms with Crippen molar-refractivity contribution in [3.8, 4) is 0 Å². The van der Waals surface area contributed by atoms with E-state index in [-0.39, 0.29) is 5.97 Å². The van der Waals surface area contributed by atoms with Gasteiger partial charge in [0.25, 0.3) is 0 Å². The molecule has 15 heavy (non-hydrogen) atoms. The van der Waals surface area contributed by atoms with E-state index in [1.54, 1.807) is 19.1 Å². The summed E-state index contributed by atoms with van der Waals surface area (Å²) in [4.78, 5) is 13.6. The van der Waals surface area contributed by atoms with Crippen molar-refractivity contribution < 1.29 is 9.53 Å². The molecule has 0 aliphatic heterocycles. The highest BCUT2D eigenvalue weighted by atomic mass is 32.1. The van der Waals surface area contributed by atoms with Gasteiger partial charge in [-0.15, -0.1) is 12.6 Å². The first-order valence-corrected chi connectivity index (χ1v) is 5.59. The molecular formula is C11H19NO2S. The van der Waals surface area contributed by atoms with Crippen LogP contribution in [0.2, 0.25) is 0 Å². The molecule has 4 heteroatoms. The molecule has 3 nitrogen and oxygen atoms in total. The molecule has 0 bridgehead atoms. The topological polar surface area (TPSA) is 29.5 Å².